The molecule has 5 rings (SSSR count). The van der Waals surface area contributed by atoms with Gasteiger partial charge in [0.25, 0.3) is 5.91 Å². The van der Waals surface area contributed by atoms with Gasteiger partial charge in [0.2, 0.25) is 0 Å². The first-order valence-corrected chi connectivity index (χ1v) is 11.8. The SMILES string of the molecule is O=C1OC[C@@H](c2ccccc2)N1C(=O)c1nnn(Cc2cc(C(F)(F)F)cc(C(F)(F)F)c2)c1-c1ccccc1. The predicted octanol–water partition coefficient (Wildman–Crippen LogP) is 6.36. The molecule has 4 aromatic rings. The molecule has 0 spiro atoms. The number of cyclic esters (lactones) is 1. The van der Waals surface area contributed by atoms with Crippen molar-refractivity contribution in [3.05, 3.63) is 107 Å². The van der Waals surface area contributed by atoms with Crippen LogP contribution in [-0.4, -0.2) is 38.5 Å². The second-order valence-corrected chi connectivity index (χ2v) is 8.90. The molecule has 1 aromatic heterocycles. The Hall–Kier alpha value is -4.68. The lowest BCUT2D eigenvalue weighted by Gasteiger charge is -2.19. The van der Waals surface area contributed by atoms with Crippen LogP contribution in [0, 0.1) is 0 Å². The molecule has 1 saturated heterocycles. The number of ether oxygens (including phenoxy) is 1. The molecule has 1 aliphatic rings. The molecule has 1 aliphatic heterocycles. The van der Waals surface area contributed by atoms with Crippen molar-refractivity contribution < 1.29 is 40.7 Å². The van der Waals surface area contributed by atoms with Crippen molar-refractivity contribution >= 4 is 12.0 Å². The summed E-state index contributed by atoms with van der Waals surface area (Å²) in [7, 11) is 0. The second kappa shape index (κ2) is 10.1. The zero-order valence-electron chi connectivity index (χ0n) is 20.3. The third-order valence-corrected chi connectivity index (χ3v) is 6.24. The molecular formula is C27H18F6N4O3. The summed E-state index contributed by atoms with van der Waals surface area (Å²) in [6, 6.07) is 17.0. The summed E-state index contributed by atoms with van der Waals surface area (Å²) < 4.78 is 86.7. The number of imide groups is 1. The Bertz CT molecular complexity index is 1520. The van der Waals surface area contributed by atoms with Gasteiger partial charge in [0.15, 0.2) is 5.69 Å². The van der Waals surface area contributed by atoms with Gasteiger partial charge < -0.3 is 4.74 Å². The van der Waals surface area contributed by atoms with Crippen LogP contribution in [0.2, 0.25) is 0 Å². The minimum atomic E-state index is -5.04. The van der Waals surface area contributed by atoms with Crippen molar-refractivity contribution in [2.75, 3.05) is 6.61 Å². The van der Waals surface area contributed by atoms with E-state index in [0.29, 0.717) is 23.3 Å². The zero-order valence-corrected chi connectivity index (χ0v) is 20.3. The van der Waals surface area contributed by atoms with Crippen LogP contribution >= 0.6 is 0 Å². The smallest absolute Gasteiger partial charge is 0.417 e. The summed E-state index contributed by atoms with van der Waals surface area (Å²) in [4.78, 5) is 27.1. The third kappa shape index (κ3) is 5.26. The Morgan fingerprint density at radius 3 is 2.02 bits per heavy atom. The van der Waals surface area contributed by atoms with Gasteiger partial charge in [0.1, 0.15) is 18.3 Å². The van der Waals surface area contributed by atoms with Crippen LogP contribution in [0.15, 0.2) is 78.9 Å². The van der Waals surface area contributed by atoms with Crippen molar-refractivity contribution in [3.8, 4) is 11.3 Å². The minimum absolute atomic E-state index is 0.00285. The number of alkyl halides is 6. The van der Waals surface area contributed by atoms with Crippen molar-refractivity contribution in [2.24, 2.45) is 0 Å². The first-order chi connectivity index (χ1) is 18.9. The molecule has 40 heavy (non-hydrogen) atoms. The number of benzene rings is 3. The number of rotatable bonds is 5. The molecule has 1 atom stereocenters. The van der Waals surface area contributed by atoms with E-state index in [9.17, 15) is 35.9 Å². The highest BCUT2D eigenvalue weighted by Gasteiger charge is 2.42. The monoisotopic (exact) mass is 560 g/mol. The molecule has 206 valence electrons. The highest BCUT2D eigenvalue weighted by atomic mass is 19.4. The summed E-state index contributed by atoms with van der Waals surface area (Å²) in [5.74, 6) is -0.888. The van der Waals surface area contributed by atoms with E-state index in [1.807, 2.05) is 0 Å². The van der Waals surface area contributed by atoms with E-state index in [1.165, 1.54) is 0 Å². The van der Waals surface area contributed by atoms with Gasteiger partial charge in [0, 0.05) is 5.56 Å². The molecule has 7 nitrogen and oxygen atoms in total. The molecule has 3 aromatic carbocycles. The fraction of sp³-hybridized carbons (Fsp3) is 0.185. The van der Waals surface area contributed by atoms with E-state index in [4.69, 9.17) is 4.74 Å². The zero-order chi connectivity index (χ0) is 28.7. The van der Waals surface area contributed by atoms with Gasteiger partial charge >= 0.3 is 18.4 Å². The van der Waals surface area contributed by atoms with Crippen LogP contribution in [0.3, 0.4) is 0 Å². The van der Waals surface area contributed by atoms with Gasteiger partial charge in [-0.25, -0.2) is 14.4 Å². The lowest BCUT2D eigenvalue weighted by molar-refractivity contribution is -0.143. The van der Waals surface area contributed by atoms with E-state index < -0.39 is 48.1 Å². The molecule has 0 radical (unpaired) electrons. The largest absolute Gasteiger partial charge is 0.446 e. The fourth-order valence-electron chi connectivity index (χ4n) is 4.41. The number of hydrogen-bond acceptors (Lipinski definition) is 5. The number of aromatic nitrogens is 3. The fourth-order valence-corrected chi connectivity index (χ4v) is 4.41. The van der Waals surface area contributed by atoms with Crippen LogP contribution in [0.5, 0.6) is 0 Å². The van der Waals surface area contributed by atoms with Crippen molar-refractivity contribution in [3.63, 3.8) is 0 Å². The van der Waals surface area contributed by atoms with Crippen LogP contribution in [-0.2, 0) is 23.6 Å². The van der Waals surface area contributed by atoms with Crippen molar-refractivity contribution in [1.82, 2.24) is 19.9 Å². The number of hydrogen-bond donors (Lipinski definition) is 0. The first-order valence-electron chi connectivity index (χ1n) is 11.8. The maximum Gasteiger partial charge on any atom is 0.417 e. The van der Waals surface area contributed by atoms with Crippen molar-refractivity contribution in [1.29, 1.82) is 0 Å². The van der Waals surface area contributed by atoms with E-state index in [0.717, 1.165) is 9.58 Å². The Labute approximate surface area is 222 Å². The van der Waals surface area contributed by atoms with Crippen LogP contribution in [0.1, 0.15) is 38.8 Å². The second-order valence-electron chi connectivity index (χ2n) is 8.90. The summed E-state index contributed by atoms with van der Waals surface area (Å²) in [6.07, 6.45) is -11.0. The Morgan fingerprint density at radius 2 is 1.45 bits per heavy atom. The Kier molecular flexibility index (Phi) is 6.82. The average Bonchev–Trinajstić information content (AvgIpc) is 3.51. The normalized spacial score (nSPS) is 15.8. The van der Waals surface area contributed by atoms with Gasteiger partial charge in [-0.3, -0.25) is 4.79 Å². The quantitative estimate of drug-likeness (QED) is 0.266. The number of nitrogens with zero attached hydrogens (tertiary/aromatic N) is 4. The van der Waals surface area contributed by atoms with Crippen LogP contribution in [0.4, 0.5) is 31.1 Å². The van der Waals surface area contributed by atoms with Gasteiger partial charge in [0.05, 0.1) is 17.7 Å². The number of carbonyl (C=O) groups is 2. The summed E-state index contributed by atoms with van der Waals surface area (Å²) >= 11 is 0. The van der Waals surface area contributed by atoms with Crippen LogP contribution < -0.4 is 0 Å². The average molecular weight is 560 g/mol. The lowest BCUT2D eigenvalue weighted by Crippen LogP contribution is -2.34. The van der Waals surface area contributed by atoms with E-state index >= 15 is 0 Å². The molecule has 2 amide bonds. The molecule has 13 heteroatoms. The third-order valence-electron chi connectivity index (χ3n) is 6.24. The van der Waals surface area contributed by atoms with Crippen LogP contribution in [0.25, 0.3) is 11.3 Å². The number of halogens is 6. The summed E-state index contributed by atoms with van der Waals surface area (Å²) in [5.41, 5.74) is -2.70. The summed E-state index contributed by atoms with van der Waals surface area (Å²) in [6.45, 7) is -0.697. The topological polar surface area (TPSA) is 77.3 Å². The molecule has 0 bridgehead atoms. The maximum absolute atomic E-state index is 13.7. The minimum Gasteiger partial charge on any atom is -0.446 e. The van der Waals surface area contributed by atoms with E-state index in [1.54, 1.807) is 60.7 Å². The van der Waals surface area contributed by atoms with Gasteiger partial charge in [-0.2, -0.15) is 26.3 Å². The highest BCUT2D eigenvalue weighted by Crippen LogP contribution is 2.37. The maximum atomic E-state index is 13.7. The lowest BCUT2D eigenvalue weighted by atomic mass is 10.0. The molecule has 0 saturated carbocycles. The van der Waals surface area contributed by atoms with Gasteiger partial charge in [-0.15, -0.1) is 5.10 Å². The van der Waals surface area contributed by atoms with E-state index in [2.05, 4.69) is 10.3 Å². The predicted molar refractivity (Wildman–Crippen MR) is 128 cm³/mol. The van der Waals surface area contributed by atoms with Gasteiger partial charge in [-0.1, -0.05) is 65.9 Å². The molecule has 0 N–H and O–H groups in total. The number of carbonyl (C=O) groups excluding carboxylic acids is 2. The summed E-state index contributed by atoms with van der Waals surface area (Å²) in [5, 5.41) is 7.80. The standard InChI is InChI=1S/C27H18F6N4O3/c28-26(29,30)19-11-16(12-20(13-19)27(31,32)33)14-36-23(18-9-5-2-6-10-18)22(34-35-36)24(38)37-21(15-40-25(37)39)17-7-3-1-4-8-17/h1-13,21H,14-15H2/t21-/m0/s1. The van der Waals surface area contributed by atoms with E-state index in [-0.39, 0.29) is 29.6 Å². The molecular weight excluding hydrogens is 542 g/mol. The number of amides is 2. The highest BCUT2D eigenvalue weighted by molar-refractivity contribution is 6.06. The Morgan fingerprint density at radius 1 is 0.875 bits per heavy atom. The molecule has 0 unspecified atom stereocenters. The van der Waals surface area contributed by atoms with Crippen molar-refractivity contribution in [2.45, 2.75) is 24.9 Å². The molecule has 1 fully saturated rings. The molecule has 0 aliphatic carbocycles. The molecule has 2 heterocycles. The van der Waals surface area contributed by atoms with Gasteiger partial charge in [-0.05, 0) is 29.3 Å². The Balaban J connectivity index is 1.59. The first kappa shape index (κ1) is 26.9.